The van der Waals surface area contributed by atoms with E-state index in [4.69, 9.17) is 0 Å². The number of rotatable bonds is 5. The van der Waals surface area contributed by atoms with Gasteiger partial charge in [-0.05, 0) is 30.7 Å². The number of sulfone groups is 2. The highest BCUT2D eigenvalue weighted by molar-refractivity contribution is 7.96. The molecule has 1 aromatic carbocycles. The Morgan fingerprint density at radius 3 is 2.52 bits per heavy atom. The molecule has 2 heterocycles. The lowest BCUT2D eigenvalue weighted by atomic mass is 10.2. The highest BCUT2D eigenvalue weighted by Gasteiger charge is 2.45. The van der Waals surface area contributed by atoms with Crippen LogP contribution in [0.25, 0.3) is 0 Å². The second kappa shape index (κ2) is 6.86. The molecular weight excluding hydrogens is 360 g/mol. The summed E-state index contributed by atoms with van der Waals surface area (Å²) in [7, 11) is -7.14. The van der Waals surface area contributed by atoms with Crippen molar-refractivity contribution in [1.82, 2.24) is 10.3 Å². The minimum Gasteiger partial charge on any atom is -0.308 e. The quantitative estimate of drug-likeness (QED) is 0.835. The molecule has 0 aliphatic carbocycles. The zero-order valence-electron chi connectivity index (χ0n) is 13.8. The minimum absolute atomic E-state index is 0.161. The smallest absolute Gasteiger partial charge is 0.183 e. The maximum atomic E-state index is 12.9. The number of pyridine rings is 1. The lowest BCUT2D eigenvalue weighted by Crippen LogP contribution is -2.43. The van der Waals surface area contributed by atoms with E-state index in [0.29, 0.717) is 6.54 Å². The van der Waals surface area contributed by atoms with Crippen molar-refractivity contribution in [2.45, 2.75) is 29.7 Å². The second-order valence-electron chi connectivity index (χ2n) is 6.32. The van der Waals surface area contributed by atoms with Crippen LogP contribution in [0.1, 0.15) is 11.1 Å². The third kappa shape index (κ3) is 4.08. The van der Waals surface area contributed by atoms with Gasteiger partial charge in [-0.2, -0.15) is 0 Å². The Morgan fingerprint density at radius 1 is 1.16 bits per heavy atom. The number of nitrogens with one attached hydrogen (secondary N) is 1. The lowest BCUT2D eigenvalue weighted by molar-refractivity contribution is 0.525. The van der Waals surface area contributed by atoms with Gasteiger partial charge < -0.3 is 5.32 Å². The van der Waals surface area contributed by atoms with Crippen molar-refractivity contribution in [3.63, 3.8) is 0 Å². The van der Waals surface area contributed by atoms with Crippen LogP contribution in [-0.2, 0) is 26.2 Å². The van der Waals surface area contributed by atoms with Crippen molar-refractivity contribution in [2.75, 3.05) is 11.5 Å². The predicted molar refractivity (Wildman–Crippen MR) is 95.7 cm³/mol. The summed E-state index contributed by atoms with van der Waals surface area (Å²) < 4.78 is 50.0. The molecule has 8 heteroatoms. The van der Waals surface area contributed by atoms with Gasteiger partial charge in [-0.25, -0.2) is 16.8 Å². The van der Waals surface area contributed by atoms with Gasteiger partial charge in [0.25, 0.3) is 0 Å². The zero-order valence-corrected chi connectivity index (χ0v) is 15.4. The van der Waals surface area contributed by atoms with Gasteiger partial charge >= 0.3 is 0 Å². The molecule has 0 amide bonds. The lowest BCUT2D eigenvalue weighted by Gasteiger charge is -2.20. The molecule has 1 saturated heterocycles. The SMILES string of the molecule is Cc1ccc(S(=O)(=O)C2CS(=O)(=O)CC2NCc2cccnc2)cc1. The van der Waals surface area contributed by atoms with Crippen molar-refractivity contribution in [3.05, 3.63) is 59.9 Å². The average Bonchev–Trinajstić information content (AvgIpc) is 2.90. The van der Waals surface area contributed by atoms with Crippen LogP contribution < -0.4 is 5.32 Å². The number of nitrogens with zero attached hydrogens (tertiary/aromatic N) is 1. The van der Waals surface area contributed by atoms with E-state index in [1.807, 2.05) is 13.0 Å². The molecule has 3 rings (SSSR count). The van der Waals surface area contributed by atoms with E-state index in [9.17, 15) is 16.8 Å². The van der Waals surface area contributed by atoms with Crippen LogP contribution in [0.3, 0.4) is 0 Å². The number of aromatic nitrogens is 1. The molecule has 0 bridgehead atoms. The summed E-state index contributed by atoms with van der Waals surface area (Å²) in [4.78, 5) is 4.17. The molecule has 25 heavy (non-hydrogen) atoms. The van der Waals surface area contributed by atoms with E-state index < -0.39 is 31.0 Å². The summed E-state index contributed by atoms with van der Waals surface area (Å²) in [5, 5.41) is 2.10. The Morgan fingerprint density at radius 2 is 1.88 bits per heavy atom. The van der Waals surface area contributed by atoms with E-state index in [-0.39, 0.29) is 16.4 Å². The van der Waals surface area contributed by atoms with Crippen molar-refractivity contribution >= 4 is 19.7 Å². The molecule has 1 aliphatic rings. The van der Waals surface area contributed by atoms with E-state index in [0.717, 1.165) is 11.1 Å². The molecule has 2 aromatic rings. The molecule has 2 unspecified atom stereocenters. The van der Waals surface area contributed by atoms with Gasteiger partial charge in [-0.3, -0.25) is 4.98 Å². The fraction of sp³-hybridized carbons (Fsp3) is 0.353. The van der Waals surface area contributed by atoms with Crippen LogP contribution >= 0.6 is 0 Å². The van der Waals surface area contributed by atoms with Crippen LogP contribution in [0, 0.1) is 6.92 Å². The highest BCUT2D eigenvalue weighted by atomic mass is 32.2. The van der Waals surface area contributed by atoms with Gasteiger partial charge in [0.1, 0.15) is 0 Å². The molecule has 1 N–H and O–H groups in total. The molecule has 0 spiro atoms. The van der Waals surface area contributed by atoms with E-state index in [1.165, 1.54) is 12.1 Å². The molecule has 6 nitrogen and oxygen atoms in total. The summed E-state index contributed by atoms with van der Waals surface area (Å²) in [6, 6.07) is 9.50. The monoisotopic (exact) mass is 380 g/mol. The fourth-order valence-corrected chi connectivity index (χ4v) is 7.68. The average molecular weight is 380 g/mol. The van der Waals surface area contributed by atoms with Crippen molar-refractivity contribution in [1.29, 1.82) is 0 Å². The first kappa shape index (κ1) is 18.0. The van der Waals surface area contributed by atoms with Crippen molar-refractivity contribution in [3.8, 4) is 0 Å². The van der Waals surface area contributed by atoms with Crippen molar-refractivity contribution < 1.29 is 16.8 Å². The van der Waals surface area contributed by atoms with Crippen LogP contribution in [0.4, 0.5) is 0 Å². The summed E-state index contributed by atoms with van der Waals surface area (Å²) in [6.45, 7) is 2.24. The molecule has 134 valence electrons. The Kier molecular flexibility index (Phi) is 4.95. The first-order chi connectivity index (χ1) is 11.8. The summed E-state index contributed by atoms with van der Waals surface area (Å²) in [6.07, 6.45) is 3.31. The van der Waals surface area contributed by atoms with Gasteiger partial charge in [0.2, 0.25) is 0 Å². The predicted octanol–water partition coefficient (Wildman–Crippen LogP) is 1.12. The van der Waals surface area contributed by atoms with E-state index >= 15 is 0 Å². The summed E-state index contributed by atoms with van der Waals surface area (Å²) >= 11 is 0. The normalized spacial score (nSPS) is 22.8. The molecular formula is C17H20N2O4S2. The molecule has 0 saturated carbocycles. The largest absolute Gasteiger partial charge is 0.308 e. The second-order valence-corrected chi connectivity index (χ2v) is 10.6. The van der Waals surface area contributed by atoms with Gasteiger partial charge in [0, 0.05) is 25.0 Å². The molecule has 1 aliphatic heterocycles. The van der Waals surface area contributed by atoms with E-state index in [2.05, 4.69) is 10.3 Å². The van der Waals surface area contributed by atoms with Crippen LogP contribution in [0.15, 0.2) is 53.7 Å². The number of hydrogen-bond donors (Lipinski definition) is 1. The first-order valence-electron chi connectivity index (χ1n) is 7.91. The zero-order chi connectivity index (χ0) is 18.1. The van der Waals surface area contributed by atoms with Gasteiger partial charge in [0.15, 0.2) is 19.7 Å². The Bertz CT molecular complexity index is 940. The maximum Gasteiger partial charge on any atom is 0.183 e. The Labute approximate surface area is 148 Å². The number of aryl methyl sites for hydroxylation is 1. The molecule has 1 aromatic heterocycles. The maximum absolute atomic E-state index is 12.9. The van der Waals surface area contributed by atoms with E-state index in [1.54, 1.807) is 30.6 Å². The Balaban J connectivity index is 1.85. The number of hydrogen-bond acceptors (Lipinski definition) is 6. The third-order valence-corrected chi connectivity index (χ3v) is 8.51. The topological polar surface area (TPSA) is 93.2 Å². The van der Waals surface area contributed by atoms with Crippen LogP contribution in [0.2, 0.25) is 0 Å². The fourth-order valence-electron chi connectivity index (χ4n) is 2.97. The van der Waals surface area contributed by atoms with Crippen molar-refractivity contribution in [2.24, 2.45) is 0 Å². The van der Waals surface area contributed by atoms with Gasteiger partial charge in [-0.15, -0.1) is 0 Å². The number of benzene rings is 1. The van der Waals surface area contributed by atoms with Crippen LogP contribution in [-0.4, -0.2) is 44.6 Å². The standard InChI is InChI=1S/C17H20N2O4S2/c1-13-4-6-15(7-5-13)25(22,23)17-12-24(20,21)11-16(17)19-10-14-3-2-8-18-9-14/h2-9,16-17,19H,10-12H2,1H3. The Hall–Kier alpha value is -1.77. The summed E-state index contributed by atoms with van der Waals surface area (Å²) in [5.74, 6) is -0.531. The summed E-state index contributed by atoms with van der Waals surface area (Å²) in [5.41, 5.74) is 1.82. The van der Waals surface area contributed by atoms with Gasteiger partial charge in [0.05, 0.1) is 21.7 Å². The third-order valence-electron chi connectivity index (χ3n) is 4.34. The molecule has 0 radical (unpaired) electrons. The highest BCUT2D eigenvalue weighted by Crippen LogP contribution is 2.26. The molecule has 2 atom stereocenters. The first-order valence-corrected chi connectivity index (χ1v) is 11.3. The minimum atomic E-state index is -3.74. The van der Waals surface area contributed by atoms with Crippen LogP contribution in [0.5, 0.6) is 0 Å². The molecule has 1 fully saturated rings. The van der Waals surface area contributed by atoms with Gasteiger partial charge in [-0.1, -0.05) is 23.8 Å².